The summed E-state index contributed by atoms with van der Waals surface area (Å²) >= 11 is 0. The Morgan fingerprint density at radius 2 is 1.37 bits per heavy atom. The van der Waals surface area contributed by atoms with Gasteiger partial charge in [-0.2, -0.15) is 0 Å². The fraction of sp³-hybridized carbons (Fsp3) is 0.935. The van der Waals surface area contributed by atoms with E-state index in [1.165, 1.54) is 89.9 Å². The number of fused-ring (bicyclic) bond motifs is 5. The molecular formula is C31H49NO3. The number of carbonyl (C=O) groups excluding carboxylic acids is 2. The molecule has 0 radical (unpaired) electrons. The summed E-state index contributed by atoms with van der Waals surface area (Å²) < 4.78 is 5.90. The van der Waals surface area contributed by atoms with E-state index in [1.807, 2.05) is 0 Å². The highest BCUT2D eigenvalue weighted by Gasteiger charge is 2.62. The number of amides is 1. The van der Waals surface area contributed by atoms with Gasteiger partial charge in [0.2, 0.25) is 5.91 Å². The van der Waals surface area contributed by atoms with Crippen molar-refractivity contribution in [3.8, 4) is 0 Å². The third-order valence-electron chi connectivity index (χ3n) is 12.4. The molecule has 1 heterocycles. The van der Waals surface area contributed by atoms with Crippen LogP contribution in [0.3, 0.4) is 0 Å². The lowest BCUT2D eigenvalue weighted by molar-refractivity contribution is -0.192. The number of hydrogen-bond donors (Lipinski definition) is 0. The van der Waals surface area contributed by atoms with Gasteiger partial charge in [0.25, 0.3) is 0 Å². The summed E-state index contributed by atoms with van der Waals surface area (Å²) in [6, 6.07) is 1.01. The Kier molecular flexibility index (Phi) is 6.49. The standard InChI is InChI=1S/C31H49NO3/c1-30-19-17-25-23(13-16-27-31(25,2)20-18-28(33)35-27)24(30)14-15-26(30)29(34)32(21-9-5-3-6-10-21)22-11-7-4-8-12-22/h21-27H,3-20H2,1-2H3/t23-,24-,25-,26+,27+,30-,31+/m0/s1. The van der Waals surface area contributed by atoms with Crippen LogP contribution in [0, 0.1) is 34.5 Å². The van der Waals surface area contributed by atoms with Crippen molar-refractivity contribution in [1.82, 2.24) is 4.90 Å². The summed E-state index contributed by atoms with van der Waals surface area (Å²) in [6.45, 7) is 4.94. The van der Waals surface area contributed by atoms with Crippen molar-refractivity contribution in [3.63, 3.8) is 0 Å². The number of nitrogens with zero attached hydrogens (tertiary/aromatic N) is 1. The van der Waals surface area contributed by atoms with Crippen LogP contribution in [-0.2, 0) is 14.3 Å². The predicted molar refractivity (Wildman–Crippen MR) is 138 cm³/mol. The van der Waals surface area contributed by atoms with Crippen molar-refractivity contribution in [2.45, 2.75) is 148 Å². The van der Waals surface area contributed by atoms with Crippen LogP contribution in [0.4, 0.5) is 0 Å². The number of esters is 1. The van der Waals surface area contributed by atoms with Gasteiger partial charge in [-0.05, 0) is 93.8 Å². The van der Waals surface area contributed by atoms with Gasteiger partial charge in [-0.3, -0.25) is 9.59 Å². The van der Waals surface area contributed by atoms with Crippen LogP contribution in [0.5, 0.6) is 0 Å². The highest BCUT2D eigenvalue weighted by Crippen LogP contribution is 2.66. The fourth-order valence-corrected chi connectivity index (χ4v) is 10.5. The number of carbonyl (C=O) groups is 2. The Bertz CT molecular complexity index is 796. The molecule has 35 heavy (non-hydrogen) atoms. The third-order valence-corrected chi connectivity index (χ3v) is 12.4. The lowest BCUT2D eigenvalue weighted by Gasteiger charge is -2.59. The molecule has 1 saturated heterocycles. The van der Waals surface area contributed by atoms with Gasteiger partial charge in [0.1, 0.15) is 6.10 Å². The van der Waals surface area contributed by atoms with E-state index in [2.05, 4.69) is 18.7 Å². The van der Waals surface area contributed by atoms with E-state index in [9.17, 15) is 9.59 Å². The number of ether oxygens (including phenoxy) is 1. The fourth-order valence-electron chi connectivity index (χ4n) is 10.5. The Labute approximate surface area is 213 Å². The molecule has 5 aliphatic carbocycles. The molecule has 0 aromatic heterocycles. The first-order chi connectivity index (χ1) is 16.9. The molecule has 6 aliphatic rings. The average Bonchev–Trinajstić information content (AvgIpc) is 3.23. The summed E-state index contributed by atoms with van der Waals surface area (Å²) in [5.41, 5.74) is 0.310. The molecule has 0 aromatic rings. The lowest BCUT2D eigenvalue weighted by Crippen LogP contribution is -2.58. The van der Waals surface area contributed by atoms with Crippen LogP contribution in [0.2, 0.25) is 0 Å². The van der Waals surface area contributed by atoms with Crippen molar-refractivity contribution >= 4 is 11.9 Å². The van der Waals surface area contributed by atoms with Crippen molar-refractivity contribution in [2.24, 2.45) is 34.5 Å². The first kappa shape index (κ1) is 24.3. The van der Waals surface area contributed by atoms with E-state index in [-0.39, 0.29) is 28.8 Å². The zero-order valence-corrected chi connectivity index (χ0v) is 22.4. The highest BCUT2D eigenvalue weighted by atomic mass is 16.5. The molecule has 0 unspecified atom stereocenters. The molecule has 1 aliphatic heterocycles. The van der Waals surface area contributed by atoms with Gasteiger partial charge in [0.05, 0.1) is 0 Å². The maximum Gasteiger partial charge on any atom is 0.306 e. The van der Waals surface area contributed by atoms with Gasteiger partial charge in [-0.25, -0.2) is 0 Å². The molecule has 6 fully saturated rings. The predicted octanol–water partition coefficient (Wildman–Crippen LogP) is 7.04. The molecule has 0 spiro atoms. The second kappa shape index (κ2) is 9.35. The van der Waals surface area contributed by atoms with Crippen LogP contribution in [0.15, 0.2) is 0 Å². The average molecular weight is 484 g/mol. The summed E-state index contributed by atoms with van der Waals surface area (Å²) in [5, 5.41) is 0. The maximum absolute atomic E-state index is 14.6. The quantitative estimate of drug-likeness (QED) is 0.404. The first-order valence-electron chi connectivity index (χ1n) is 15.4. The van der Waals surface area contributed by atoms with E-state index in [0.29, 0.717) is 42.2 Å². The Morgan fingerprint density at radius 3 is 2.03 bits per heavy atom. The summed E-state index contributed by atoms with van der Waals surface area (Å²) in [6.07, 6.45) is 21.6. The Morgan fingerprint density at radius 1 is 0.743 bits per heavy atom. The highest BCUT2D eigenvalue weighted by molar-refractivity contribution is 5.81. The topological polar surface area (TPSA) is 46.6 Å². The molecule has 196 valence electrons. The van der Waals surface area contributed by atoms with E-state index < -0.39 is 0 Å². The molecule has 0 bridgehead atoms. The third kappa shape index (κ3) is 3.99. The first-order valence-corrected chi connectivity index (χ1v) is 15.4. The lowest BCUT2D eigenvalue weighted by atomic mass is 9.47. The van der Waals surface area contributed by atoms with E-state index >= 15 is 0 Å². The summed E-state index contributed by atoms with van der Waals surface area (Å²) in [4.78, 5) is 29.1. The molecule has 4 nitrogen and oxygen atoms in total. The van der Waals surface area contributed by atoms with Gasteiger partial charge in [-0.1, -0.05) is 52.4 Å². The van der Waals surface area contributed by atoms with Crippen LogP contribution in [-0.4, -0.2) is 35.0 Å². The smallest absolute Gasteiger partial charge is 0.306 e. The van der Waals surface area contributed by atoms with E-state index in [4.69, 9.17) is 4.74 Å². The SMILES string of the molecule is C[C@]12CCC(=O)O[C@@H]1CC[C@@H]1[C@@H]2CC[C@]2(C)[C@@H](C(=O)N(C3CCCCC3)C3CCCCC3)CC[C@@H]12. The minimum Gasteiger partial charge on any atom is -0.462 e. The van der Waals surface area contributed by atoms with Crippen molar-refractivity contribution in [2.75, 3.05) is 0 Å². The Hall–Kier alpha value is -1.06. The number of hydrogen-bond acceptors (Lipinski definition) is 3. The second-order valence-corrected chi connectivity index (χ2v) is 13.9. The molecule has 4 heteroatoms. The van der Waals surface area contributed by atoms with Gasteiger partial charge in [0.15, 0.2) is 0 Å². The molecular weight excluding hydrogens is 434 g/mol. The van der Waals surface area contributed by atoms with Gasteiger partial charge >= 0.3 is 5.97 Å². The molecule has 7 atom stereocenters. The second-order valence-electron chi connectivity index (χ2n) is 13.9. The summed E-state index contributed by atoms with van der Waals surface area (Å²) in [5.74, 6) is 2.84. The van der Waals surface area contributed by atoms with Gasteiger partial charge in [-0.15, -0.1) is 0 Å². The van der Waals surface area contributed by atoms with Crippen LogP contribution in [0.1, 0.15) is 129 Å². The van der Waals surface area contributed by atoms with Crippen LogP contribution < -0.4 is 0 Å². The maximum atomic E-state index is 14.6. The van der Waals surface area contributed by atoms with Crippen molar-refractivity contribution < 1.29 is 14.3 Å². The largest absolute Gasteiger partial charge is 0.462 e. The van der Waals surface area contributed by atoms with Gasteiger partial charge < -0.3 is 9.64 Å². The Balaban J connectivity index is 1.24. The molecule has 5 saturated carbocycles. The van der Waals surface area contributed by atoms with E-state index in [1.54, 1.807) is 0 Å². The van der Waals surface area contributed by atoms with Crippen molar-refractivity contribution in [1.29, 1.82) is 0 Å². The molecule has 6 rings (SSSR count). The molecule has 1 amide bonds. The summed E-state index contributed by atoms with van der Waals surface area (Å²) in [7, 11) is 0. The van der Waals surface area contributed by atoms with E-state index in [0.717, 1.165) is 19.3 Å². The van der Waals surface area contributed by atoms with Crippen molar-refractivity contribution in [3.05, 3.63) is 0 Å². The molecule has 0 N–H and O–H groups in total. The minimum atomic E-state index is 0.0172. The monoisotopic (exact) mass is 483 g/mol. The number of rotatable bonds is 3. The zero-order chi connectivity index (χ0) is 24.2. The van der Waals surface area contributed by atoms with Crippen LogP contribution in [0.25, 0.3) is 0 Å². The minimum absolute atomic E-state index is 0.0172. The van der Waals surface area contributed by atoms with Crippen LogP contribution >= 0.6 is 0 Å². The zero-order valence-electron chi connectivity index (χ0n) is 22.4. The molecule has 0 aromatic carbocycles. The van der Waals surface area contributed by atoms with Gasteiger partial charge in [0, 0.05) is 29.8 Å². The normalized spacial score (nSPS) is 44.6.